The second-order valence-electron chi connectivity index (χ2n) is 6.16. The third-order valence-corrected chi connectivity index (χ3v) is 4.45. The summed E-state index contributed by atoms with van der Waals surface area (Å²) in [5.74, 6) is 0.158. The number of urea groups is 1. The van der Waals surface area contributed by atoms with E-state index in [1.807, 2.05) is 30.3 Å². The molecule has 1 aliphatic rings. The number of aliphatic hydroxyl groups is 1. The molecule has 1 fully saturated rings. The lowest BCUT2D eigenvalue weighted by Gasteiger charge is -2.20. The van der Waals surface area contributed by atoms with E-state index in [0.717, 1.165) is 18.4 Å². The summed E-state index contributed by atoms with van der Waals surface area (Å²) in [6.45, 7) is 0.689. The molecule has 1 aromatic rings. The minimum absolute atomic E-state index is 0.0780. The van der Waals surface area contributed by atoms with Crippen LogP contribution in [0.3, 0.4) is 0 Å². The number of aliphatic hydroxyl groups excluding tert-OH is 1. The molecule has 0 heterocycles. The Kier molecular flexibility index (Phi) is 7.23. The summed E-state index contributed by atoms with van der Waals surface area (Å²) in [7, 11) is 0. The van der Waals surface area contributed by atoms with Crippen LogP contribution in [0.25, 0.3) is 0 Å². The zero-order chi connectivity index (χ0) is 15.6. The molecule has 1 unspecified atom stereocenters. The second-order valence-corrected chi connectivity index (χ2v) is 6.16. The lowest BCUT2D eigenvalue weighted by Crippen LogP contribution is -2.43. The van der Waals surface area contributed by atoms with Crippen molar-refractivity contribution < 1.29 is 9.90 Å². The van der Waals surface area contributed by atoms with Gasteiger partial charge < -0.3 is 15.7 Å². The van der Waals surface area contributed by atoms with E-state index in [1.54, 1.807) is 0 Å². The SMILES string of the molecule is O=C(NCC(CCO)c1ccccc1)NC1CCCCCC1. The number of benzene rings is 1. The number of carbonyl (C=O) groups is 1. The Morgan fingerprint density at radius 2 is 1.82 bits per heavy atom. The maximum atomic E-state index is 12.1. The third-order valence-electron chi connectivity index (χ3n) is 4.45. The normalized spacial score (nSPS) is 17.5. The van der Waals surface area contributed by atoms with Gasteiger partial charge in [0.25, 0.3) is 0 Å². The van der Waals surface area contributed by atoms with Crippen LogP contribution in [-0.4, -0.2) is 30.3 Å². The molecule has 0 bridgehead atoms. The molecular weight excluding hydrogens is 276 g/mol. The van der Waals surface area contributed by atoms with Crippen LogP contribution >= 0.6 is 0 Å². The molecule has 1 aliphatic carbocycles. The van der Waals surface area contributed by atoms with E-state index in [4.69, 9.17) is 0 Å². The van der Waals surface area contributed by atoms with Crippen LogP contribution in [0.15, 0.2) is 30.3 Å². The predicted molar refractivity (Wildman–Crippen MR) is 88.9 cm³/mol. The van der Waals surface area contributed by atoms with Gasteiger partial charge >= 0.3 is 6.03 Å². The van der Waals surface area contributed by atoms with Crippen LogP contribution in [0.2, 0.25) is 0 Å². The van der Waals surface area contributed by atoms with Crippen molar-refractivity contribution in [2.75, 3.05) is 13.2 Å². The van der Waals surface area contributed by atoms with E-state index in [-0.39, 0.29) is 18.6 Å². The second kappa shape index (κ2) is 9.46. The standard InChI is InChI=1S/C18H28N2O2/c21-13-12-16(15-8-4-3-5-9-15)14-19-18(22)20-17-10-6-1-2-7-11-17/h3-5,8-9,16-17,21H,1-2,6-7,10-14H2,(H2,19,20,22). The lowest BCUT2D eigenvalue weighted by molar-refractivity contribution is 0.232. The van der Waals surface area contributed by atoms with Crippen molar-refractivity contribution in [3.63, 3.8) is 0 Å². The molecular formula is C18H28N2O2. The average molecular weight is 304 g/mol. The largest absolute Gasteiger partial charge is 0.396 e. The van der Waals surface area contributed by atoms with Crippen molar-refractivity contribution in [2.45, 2.75) is 56.9 Å². The van der Waals surface area contributed by atoms with Gasteiger partial charge in [-0.3, -0.25) is 0 Å². The molecule has 4 nitrogen and oxygen atoms in total. The lowest BCUT2D eigenvalue weighted by atomic mass is 9.96. The number of carbonyl (C=O) groups excluding carboxylic acids is 1. The molecule has 3 N–H and O–H groups in total. The fourth-order valence-electron chi connectivity index (χ4n) is 3.14. The first kappa shape index (κ1) is 16.8. The van der Waals surface area contributed by atoms with Gasteiger partial charge in [0.2, 0.25) is 0 Å². The first-order valence-electron chi connectivity index (χ1n) is 8.49. The number of hydrogen-bond acceptors (Lipinski definition) is 2. The Hall–Kier alpha value is -1.55. The van der Waals surface area contributed by atoms with Crippen molar-refractivity contribution in [3.05, 3.63) is 35.9 Å². The van der Waals surface area contributed by atoms with Crippen LogP contribution in [0.1, 0.15) is 56.4 Å². The van der Waals surface area contributed by atoms with Crippen LogP contribution in [-0.2, 0) is 0 Å². The number of amides is 2. The van der Waals surface area contributed by atoms with Crippen molar-refractivity contribution in [3.8, 4) is 0 Å². The molecule has 122 valence electrons. The summed E-state index contributed by atoms with van der Waals surface area (Å²) in [5, 5.41) is 15.3. The zero-order valence-corrected chi connectivity index (χ0v) is 13.3. The van der Waals surface area contributed by atoms with Gasteiger partial charge in [0.05, 0.1) is 0 Å². The average Bonchev–Trinajstić information content (AvgIpc) is 2.81. The zero-order valence-electron chi connectivity index (χ0n) is 13.3. The summed E-state index contributed by atoms with van der Waals surface area (Å²) < 4.78 is 0. The fraction of sp³-hybridized carbons (Fsp3) is 0.611. The summed E-state index contributed by atoms with van der Waals surface area (Å²) in [4.78, 5) is 12.1. The number of rotatable bonds is 6. The molecule has 2 rings (SSSR count). The minimum atomic E-state index is -0.0780. The first-order valence-corrected chi connectivity index (χ1v) is 8.49. The van der Waals surface area contributed by atoms with Gasteiger partial charge in [-0.15, -0.1) is 0 Å². The Labute approximate surface area is 133 Å². The molecule has 1 atom stereocenters. The molecule has 4 heteroatoms. The Bertz CT molecular complexity index is 428. The highest BCUT2D eigenvalue weighted by molar-refractivity contribution is 5.74. The first-order chi connectivity index (χ1) is 10.8. The van der Waals surface area contributed by atoms with Gasteiger partial charge in [-0.1, -0.05) is 56.0 Å². The number of nitrogens with one attached hydrogen (secondary N) is 2. The molecule has 0 saturated heterocycles. The highest BCUT2D eigenvalue weighted by Gasteiger charge is 2.16. The van der Waals surface area contributed by atoms with Crippen LogP contribution in [0.5, 0.6) is 0 Å². The van der Waals surface area contributed by atoms with E-state index < -0.39 is 0 Å². The highest BCUT2D eigenvalue weighted by Crippen LogP contribution is 2.19. The molecule has 0 aliphatic heterocycles. The van der Waals surface area contributed by atoms with Crippen molar-refractivity contribution >= 4 is 6.03 Å². The van der Waals surface area contributed by atoms with Gasteiger partial charge in [-0.05, 0) is 24.8 Å². The summed E-state index contributed by atoms with van der Waals surface area (Å²) in [6, 6.07) is 10.3. The minimum Gasteiger partial charge on any atom is -0.396 e. The molecule has 0 radical (unpaired) electrons. The molecule has 1 aromatic carbocycles. The van der Waals surface area contributed by atoms with Gasteiger partial charge in [0, 0.05) is 25.1 Å². The van der Waals surface area contributed by atoms with Crippen molar-refractivity contribution in [2.24, 2.45) is 0 Å². The van der Waals surface area contributed by atoms with Gasteiger partial charge in [-0.2, -0.15) is 0 Å². The van der Waals surface area contributed by atoms with Crippen molar-refractivity contribution in [1.82, 2.24) is 10.6 Å². The van der Waals surface area contributed by atoms with E-state index in [9.17, 15) is 9.90 Å². The van der Waals surface area contributed by atoms with Crippen LogP contribution in [0, 0.1) is 0 Å². The van der Waals surface area contributed by atoms with Gasteiger partial charge in [0.1, 0.15) is 0 Å². The van der Waals surface area contributed by atoms with Crippen LogP contribution in [0.4, 0.5) is 4.79 Å². The van der Waals surface area contributed by atoms with E-state index in [0.29, 0.717) is 19.0 Å². The maximum absolute atomic E-state index is 12.1. The molecule has 0 aromatic heterocycles. The summed E-state index contributed by atoms with van der Waals surface area (Å²) in [5.41, 5.74) is 1.16. The van der Waals surface area contributed by atoms with Gasteiger partial charge in [-0.25, -0.2) is 4.79 Å². The third kappa shape index (κ3) is 5.68. The summed E-state index contributed by atoms with van der Waals surface area (Å²) in [6.07, 6.45) is 7.83. The molecule has 1 saturated carbocycles. The summed E-state index contributed by atoms with van der Waals surface area (Å²) >= 11 is 0. The van der Waals surface area contributed by atoms with E-state index in [1.165, 1.54) is 25.7 Å². The monoisotopic (exact) mass is 304 g/mol. The maximum Gasteiger partial charge on any atom is 0.315 e. The van der Waals surface area contributed by atoms with E-state index in [2.05, 4.69) is 10.6 Å². The van der Waals surface area contributed by atoms with E-state index >= 15 is 0 Å². The Balaban J connectivity index is 1.79. The highest BCUT2D eigenvalue weighted by atomic mass is 16.3. The quantitative estimate of drug-likeness (QED) is 0.707. The number of hydrogen-bond donors (Lipinski definition) is 3. The topological polar surface area (TPSA) is 61.4 Å². The van der Waals surface area contributed by atoms with Gasteiger partial charge in [0.15, 0.2) is 0 Å². The molecule has 0 spiro atoms. The fourth-order valence-corrected chi connectivity index (χ4v) is 3.14. The molecule has 22 heavy (non-hydrogen) atoms. The van der Waals surface area contributed by atoms with Crippen molar-refractivity contribution in [1.29, 1.82) is 0 Å². The Morgan fingerprint density at radius 1 is 1.14 bits per heavy atom. The molecule has 2 amide bonds. The smallest absolute Gasteiger partial charge is 0.315 e. The van der Waals surface area contributed by atoms with Crippen LogP contribution < -0.4 is 10.6 Å². The Morgan fingerprint density at radius 3 is 2.45 bits per heavy atom. The predicted octanol–water partition coefficient (Wildman–Crippen LogP) is 3.17.